The first-order valence-electron chi connectivity index (χ1n) is 8.47. The van der Waals surface area contributed by atoms with E-state index >= 15 is 0 Å². The number of carboxylic acids is 1. The molecule has 0 aliphatic heterocycles. The molecule has 134 valence electrons. The molecule has 24 heavy (non-hydrogen) atoms. The Labute approximate surface area is 140 Å². The first-order valence-corrected chi connectivity index (χ1v) is 8.47. The first kappa shape index (κ1) is 18.8. The third-order valence-corrected chi connectivity index (χ3v) is 4.72. The van der Waals surface area contributed by atoms with Crippen LogP contribution in [0.2, 0.25) is 0 Å². The summed E-state index contributed by atoms with van der Waals surface area (Å²) in [6.45, 7) is 1.95. The van der Waals surface area contributed by atoms with Crippen molar-refractivity contribution in [3.05, 3.63) is 35.4 Å². The van der Waals surface area contributed by atoms with Crippen molar-refractivity contribution in [2.24, 2.45) is 0 Å². The van der Waals surface area contributed by atoms with Crippen LogP contribution >= 0.6 is 0 Å². The molecule has 1 aromatic carbocycles. The summed E-state index contributed by atoms with van der Waals surface area (Å²) in [7, 11) is 0. The topological polar surface area (TPSA) is 49.3 Å². The quantitative estimate of drug-likeness (QED) is 0.795. The van der Waals surface area contributed by atoms with Gasteiger partial charge in [0.1, 0.15) is 6.04 Å². The summed E-state index contributed by atoms with van der Waals surface area (Å²) >= 11 is 0. The number of nitrogens with one attached hydrogen (secondary N) is 1. The van der Waals surface area contributed by atoms with Crippen molar-refractivity contribution >= 4 is 5.97 Å². The van der Waals surface area contributed by atoms with E-state index in [2.05, 4.69) is 5.32 Å². The summed E-state index contributed by atoms with van der Waals surface area (Å²) in [5.74, 6) is -0.725. The summed E-state index contributed by atoms with van der Waals surface area (Å²) in [6, 6.07) is 5.15. The smallest absolute Gasteiger partial charge is 0.416 e. The van der Waals surface area contributed by atoms with E-state index < -0.39 is 23.8 Å². The molecule has 0 bridgehead atoms. The Hall–Kier alpha value is -1.56. The lowest BCUT2D eigenvalue weighted by Gasteiger charge is -2.31. The summed E-state index contributed by atoms with van der Waals surface area (Å²) < 4.78 is 38.5. The van der Waals surface area contributed by atoms with Crippen LogP contribution in [0.1, 0.15) is 62.5 Å². The van der Waals surface area contributed by atoms with Crippen LogP contribution in [0.4, 0.5) is 13.2 Å². The molecule has 2 rings (SSSR count). The van der Waals surface area contributed by atoms with Gasteiger partial charge in [-0.05, 0) is 49.7 Å². The number of alkyl halides is 3. The molecule has 0 amide bonds. The molecule has 2 N–H and O–H groups in total. The highest BCUT2D eigenvalue weighted by Crippen LogP contribution is 2.36. The molecule has 0 heterocycles. The van der Waals surface area contributed by atoms with Crippen molar-refractivity contribution in [2.45, 2.75) is 69.6 Å². The maximum Gasteiger partial charge on any atom is 0.416 e. The summed E-state index contributed by atoms with van der Waals surface area (Å²) in [6.07, 6.45) is 0.188. The highest BCUT2D eigenvalue weighted by molar-refractivity contribution is 5.73. The number of hydrogen-bond acceptors (Lipinski definition) is 2. The summed E-state index contributed by atoms with van der Waals surface area (Å²) in [5, 5.41) is 12.4. The Bertz CT molecular complexity index is 551. The maximum atomic E-state index is 12.8. The Kier molecular flexibility index (Phi) is 6.27. The molecule has 6 heteroatoms. The van der Waals surface area contributed by atoms with E-state index in [4.69, 9.17) is 0 Å². The lowest BCUT2D eigenvalue weighted by atomic mass is 9.81. The predicted molar refractivity (Wildman–Crippen MR) is 85.9 cm³/mol. The van der Waals surface area contributed by atoms with E-state index in [0.717, 1.165) is 43.7 Å². The third-order valence-electron chi connectivity index (χ3n) is 4.72. The molecule has 3 nitrogen and oxygen atoms in total. The van der Waals surface area contributed by atoms with Crippen molar-refractivity contribution in [1.29, 1.82) is 0 Å². The first-order chi connectivity index (χ1) is 11.3. The normalized spacial score (nSPS) is 23.0. The molecular weight excluding hydrogens is 319 g/mol. The van der Waals surface area contributed by atoms with Crippen LogP contribution < -0.4 is 5.32 Å². The van der Waals surface area contributed by atoms with Gasteiger partial charge in [-0.15, -0.1) is 0 Å². The minimum absolute atomic E-state index is 0.111. The third kappa shape index (κ3) is 4.97. The Morgan fingerprint density at radius 2 is 1.96 bits per heavy atom. The van der Waals surface area contributed by atoms with E-state index in [1.165, 1.54) is 12.1 Å². The SMILES string of the molecule is CCCC(NC1CCC(c2cccc(C(F)(F)F)c2)CC1)C(=O)O. The van der Waals surface area contributed by atoms with Crippen molar-refractivity contribution in [3.8, 4) is 0 Å². The highest BCUT2D eigenvalue weighted by atomic mass is 19.4. The molecule has 1 saturated carbocycles. The molecule has 0 radical (unpaired) electrons. The molecule has 1 aromatic rings. The fraction of sp³-hybridized carbons (Fsp3) is 0.611. The van der Waals surface area contributed by atoms with Crippen molar-refractivity contribution in [1.82, 2.24) is 5.32 Å². The fourth-order valence-corrected chi connectivity index (χ4v) is 3.41. The average Bonchev–Trinajstić information content (AvgIpc) is 2.54. The van der Waals surface area contributed by atoms with Gasteiger partial charge in [0.2, 0.25) is 0 Å². The lowest BCUT2D eigenvalue weighted by molar-refractivity contribution is -0.140. The van der Waals surface area contributed by atoms with Crippen LogP contribution in [0.15, 0.2) is 24.3 Å². The molecule has 0 aromatic heterocycles. The Balaban J connectivity index is 1.94. The zero-order chi connectivity index (χ0) is 17.7. The van der Waals surface area contributed by atoms with Gasteiger partial charge in [0, 0.05) is 6.04 Å². The second kappa shape index (κ2) is 8.01. The highest BCUT2D eigenvalue weighted by Gasteiger charge is 2.32. The predicted octanol–water partition coefficient (Wildman–Crippen LogP) is 4.57. The van der Waals surface area contributed by atoms with E-state index in [1.54, 1.807) is 6.07 Å². The minimum atomic E-state index is -4.32. The number of benzene rings is 1. The zero-order valence-corrected chi connectivity index (χ0v) is 13.8. The van der Waals surface area contributed by atoms with Gasteiger partial charge in [-0.25, -0.2) is 0 Å². The monoisotopic (exact) mass is 343 g/mol. The number of hydrogen-bond donors (Lipinski definition) is 2. The average molecular weight is 343 g/mol. The van der Waals surface area contributed by atoms with Crippen molar-refractivity contribution in [3.63, 3.8) is 0 Å². The van der Waals surface area contributed by atoms with Crippen LogP contribution in [-0.2, 0) is 11.0 Å². The van der Waals surface area contributed by atoms with E-state index in [1.807, 2.05) is 6.92 Å². The summed E-state index contributed by atoms with van der Waals surface area (Å²) in [4.78, 5) is 11.2. The van der Waals surface area contributed by atoms with Crippen LogP contribution in [0.5, 0.6) is 0 Å². The molecule has 1 unspecified atom stereocenters. The Morgan fingerprint density at radius 3 is 2.50 bits per heavy atom. The number of aliphatic carboxylic acids is 1. The molecule has 1 atom stereocenters. The molecule has 1 aliphatic carbocycles. The van der Waals surface area contributed by atoms with E-state index in [9.17, 15) is 23.1 Å². The van der Waals surface area contributed by atoms with Gasteiger partial charge in [0.15, 0.2) is 0 Å². The van der Waals surface area contributed by atoms with Gasteiger partial charge in [0.05, 0.1) is 5.56 Å². The second-order valence-electron chi connectivity index (χ2n) is 6.52. The molecular formula is C18H24F3NO2. The number of carbonyl (C=O) groups is 1. The van der Waals surface area contributed by atoms with Gasteiger partial charge >= 0.3 is 12.1 Å². The molecule has 0 spiro atoms. The van der Waals surface area contributed by atoms with Gasteiger partial charge < -0.3 is 10.4 Å². The van der Waals surface area contributed by atoms with E-state index in [0.29, 0.717) is 6.42 Å². The maximum absolute atomic E-state index is 12.8. The standard InChI is InChI=1S/C18H24F3NO2/c1-2-4-16(17(23)24)22-15-9-7-12(8-10-15)13-5-3-6-14(11-13)18(19,20)21/h3,5-6,11-12,15-16,22H,2,4,7-10H2,1H3,(H,23,24). The summed E-state index contributed by atoms with van der Waals surface area (Å²) in [5.41, 5.74) is 0.126. The minimum Gasteiger partial charge on any atom is -0.480 e. The number of rotatable bonds is 6. The number of halogens is 3. The number of carboxylic acid groups (broad SMARTS) is 1. The molecule has 1 fully saturated rings. The van der Waals surface area contributed by atoms with Crippen LogP contribution in [0.3, 0.4) is 0 Å². The van der Waals surface area contributed by atoms with Crippen LogP contribution in [0, 0.1) is 0 Å². The van der Waals surface area contributed by atoms with Crippen LogP contribution in [0.25, 0.3) is 0 Å². The van der Waals surface area contributed by atoms with Gasteiger partial charge in [-0.3, -0.25) is 4.79 Å². The largest absolute Gasteiger partial charge is 0.480 e. The Morgan fingerprint density at radius 1 is 1.29 bits per heavy atom. The zero-order valence-electron chi connectivity index (χ0n) is 13.8. The second-order valence-corrected chi connectivity index (χ2v) is 6.52. The molecule has 0 saturated heterocycles. The van der Waals surface area contributed by atoms with Crippen molar-refractivity contribution in [2.75, 3.05) is 0 Å². The lowest BCUT2D eigenvalue weighted by Crippen LogP contribution is -2.44. The molecule has 1 aliphatic rings. The van der Waals surface area contributed by atoms with E-state index in [-0.39, 0.29) is 12.0 Å². The van der Waals surface area contributed by atoms with Gasteiger partial charge in [-0.2, -0.15) is 13.2 Å². The van der Waals surface area contributed by atoms with Gasteiger partial charge in [0.25, 0.3) is 0 Å². The van der Waals surface area contributed by atoms with Gasteiger partial charge in [-0.1, -0.05) is 31.5 Å². The van der Waals surface area contributed by atoms with Crippen LogP contribution in [-0.4, -0.2) is 23.2 Å². The fourth-order valence-electron chi connectivity index (χ4n) is 3.41. The van der Waals surface area contributed by atoms with Crippen molar-refractivity contribution < 1.29 is 23.1 Å².